The standard InChI is InChI=1S/C15H13F3NO2P.BrH/c1-21-14(20)10-6-7-13(15(16,17)18)19-11(10)8-9-4-2-3-5-12(9)22;/h2-7H,8,22H2,1H3;1H. The number of aromatic nitrogens is 1. The van der Waals surface area contributed by atoms with Gasteiger partial charge in [0.05, 0.1) is 18.4 Å². The van der Waals surface area contributed by atoms with E-state index in [1.807, 2.05) is 12.1 Å². The van der Waals surface area contributed by atoms with Crippen LogP contribution < -0.4 is 5.30 Å². The maximum Gasteiger partial charge on any atom is 0.433 e. The van der Waals surface area contributed by atoms with Gasteiger partial charge in [0.15, 0.2) is 0 Å². The van der Waals surface area contributed by atoms with Crippen molar-refractivity contribution in [3.63, 3.8) is 0 Å². The van der Waals surface area contributed by atoms with Crippen LogP contribution in [0.15, 0.2) is 36.4 Å². The lowest BCUT2D eigenvalue weighted by Gasteiger charge is -2.12. The van der Waals surface area contributed by atoms with Crippen molar-refractivity contribution in [3.8, 4) is 0 Å². The predicted octanol–water partition coefficient (Wildman–Crippen LogP) is 3.56. The first-order chi connectivity index (χ1) is 10.3. The Hall–Kier alpha value is -1.46. The van der Waals surface area contributed by atoms with Gasteiger partial charge in [0.2, 0.25) is 0 Å². The van der Waals surface area contributed by atoms with Crippen LogP contribution in [0.25, 0.3) is 0 Å². The largest absolute Gasteiger partial charge is 0.465 e. The molecule has 124 valence electrons. The minimum absolute atomic E-state index is 0. The summed E-state index contributed by atoms with van der Waals surface area (Å²) in [5.41, 5.74) is -0.193. The number of hydrogen-bond acceptors (Lipinski definition) is 3. The molecule has 0 aliphatic rings. The Bertz CT molecular complexity index is 707. The number of benzene rings is 1. The van der Waals surface area contributed by atoms with Crippen LogP contribution >= 0.6 is 26.2 Å². The molecule has 0 bridgehead atoms. The number of carbonyl (C=O) groups is 1. The molecule has 3 nitrogen and oxygen atoms in total. The fourth-order valence-electron chi connectivity index (χ4n) is 1.97. The molecule has 0 aliphatic carbocycles. The number of pyridine rings is 1. The summed E-state index contributed by atoms with van der Waals surface area (Å²) in [6, 6.07) is 9.04. The highest BCUT2D eigenvalue weighted by Gasteiger charge is 2.33. The SMILES string of the molecule is Br.COC(=O)c1ccc(C(F)(F)F)nc1Cc1ccccc1P. The summed E-state index contributed by atoms with van der Waals surface area (Å²) >= 11 is 0. The van der Waals surface area contributed by atoms with E-state index in [0.717, 1.165) is 23.0 Å². The van der Waals surface area contributed by atoms with Crippen molar-refractivity contribution in [2.75, 3.05) is 7.11 Å². The van der Waals surface area contributed by atoms with Gasteiger partial charge >= 0.3 is 12.1 Å². The second-order valence-electron chi connectivity index (χ2n) is 4.56. The van der Waals surface area contributed by atoms with Gasteiger partial charge < -0.3 is 4.74 Å². The van der Waals surface area contributed by atoms with Gasteiger partial charge in [-0.3, -0.25) is 0 Å². The van der Waals surface area contributed by atoms with Crippen molar-refractivity contribution < 1.29 is 22.7 Å². The van der Waals surface area contributed by atoms with E-state index in [4.69, 9.17) is 0 Å². The molecule has 2 rings (SSSR count). The fourth-order valence-corrected chi connectivity index (χ4v) is 2.27. The van der Waals surface area contributed by atoms with E-state index < -0.39 is 17.8 Å². The second kappa shape index (κ2) is 7.88. The van der Waals surface area contributed by atoms with Gasteiger partial charge in [0, 0.05) is 6.42 Å². The molecule has 23 heavy (non-hydrogen) atoms. The Morgan fingerprint density at radius 3 is 2.43 bits per heavy atom. The molecule has 1 unspecified atom stereocenters. The number of esters is 1. The van der Waals surface area contributed by atoms with Gasteiger partial charge in [0.25, 0.3) is 0 Å². The van der Waals surface area contributed by atoms with Crippen LogP contribution in [0.5, 0.6) is 0 Å². The molecular formula is C15H14BrF3NO2P. The number of nitrogens with zero attached hydrogens (tertiary/aromatic N) is 1. The van der Waals surface area contributed by atoms with Crippen molar-refractivity contribution in [2.45, 2.75) is 12.6 Å². The van der Waals surface area contributed by atoms with E-state index in [-0.39, 0.29) is 34.7 Å². The van der Waals surface area contributed by atoms with Gasteiger partial charge in [-0.2, -0.15) is 13.2 Å². The maximum absolute atomic E-state index is 12.8. The molecule has 0 saturated carbocycles. The molecule has 0 amide bonds. The minimum Gasteiger partial charge on any atom is -0.465 e. The third-order valence-electron chi connectivity index (χ3n) is 3.08. The van der Waals surface area contributed by atoms with Crippen molar-refractivity contribution in [3.05, 3.63) is 58.9 Å². The Morgan fingerprint density at radius 2 is 1.87 bits per heavy atom. The molecule has 0 fully saturated rings. The molecule has 2 aromatic rings. The van der Waals surface area contributed by atoms with Crippen LogP contribution in [0.4, 0.5) is 13.2 Å². The number of methoxy groups -OCH3 is 1. The summed E-state index contributed by atoms with van der Waals surface area (Å²) in [6.07, 6.45) is -4.46. The number of carbonyl (C=O) groups excluding carboxylic acids is 1. The Kier molecular flexibility index (Phi) is 6.71. The molecular weight excluding hydrogens is 394 g/mol. The number of alkyl halides is 3. The molecule has 0 saturated heterocycles. The molecule has 1 aromatic heterocycles. The lowest BCUT2D eigenvalue weighted by molar-refractivity contribution is -0.141. The van der Waals surface area contributed by atoms with E-state index >= 15 is 0 Å². The van der Waals surface area contributed by atoms with E-state index in [0.29, 0.717) is 0 Å². The van der Waals surface area contributed by atoms with E-state index in [9.17, 15) is 18.0 Å². The Morgan fingerprint density at radius 1 is 1.22 bits per heavy atom. The number of halogens is 4. The normalized spacial score (nSPS) is 10.8. The van der Waals surface area contributed by atoms with Crippen LogP contribution in [0.3, 0.4) is 0 Å². The molecule has 1 heterocycles. The maximum atomic E-state index is 12.8. The average molecular weight is 408 g/mol. The molecule has 0 spiro atoms. The van der Waals surface area contributed by atoms with Gasteiger partial charge in [-0.05, 0) is 23.0 Å². The van der Waals surface area contributed by atoms with Gasteiger partial charge in [-0.25, -0.2) is 9.78 Å². The number of ether oxygens (including phenoxy) is 1. The van der Waals surface area contributed by atoms with Crippen molar-refractivity contribution in [1.82, 2.24) is 4.98 Å². The highest BCUT2D eigenvalue weighted by Crippen LogP contribution is 2.29. The van der Waals surface area contributed by atoms with Crippen molar-refractivity contribution >= 4 is 37.5 Å². The zero-order chi connectivity index (χ0) is 16.3. The summed E-state index contributed by atoms with van der Waals surface area (Å²) in [7, 11) is 3.68. The molecule has 0 N–H and O–H groups in total. The molecule has 0 radical (unpaired) electrons. The Labute approximate surface area is 144 Å². The van der Waals surface area contributed by atoms with Gasteiger partial charge in [0.1, 0.15) is 5.69 Å². The number of hydrogen-bond donors (Lipinski definition) is 0. The van der Waals surface area contributed by atoms with E-state index in [2.05, 4.69) is 19.0 Å². The zero-order valence-electron chi connectivity index (χ0n) is 12.1. The number of rotatable bonds is 3. The topological polar surface area (TPSA) is 39.2 Å². The molecule has 1 atom stereocenters. The molecule has 1 aromatic carbocycles. The quantitative estimate of drug-likeness (QED) is 0.576. The highest BCUT2D eigenvalue weighted by molar-refractivity contribution is 8.93. The molecule has 8 heteroatoms. The highest BCUT2D eigenvalue weighted by atomic mass is 79.9. The summed E-state index contributed by atoms with van der Waals surface area (Å²) < 4.78 is 43.1. The second-order valence-corrected chi connectivity index (χ2v) is 5.18. The third kappa shape index (κ3) is 4.75. The van der Waals surface area contributed by atoms with Crippen LogP contribution in [0.1, 0.15) is 27.3 Å². The third-order valence-corrected chi connectivity index (χ3v) is 3.65. The summed E-state index contributed by atoms with van der Waals surface area (Å²) in [4.78, 5) is 15.3. The van der Waals surface area contributed by atoms with Crippen LogP contribution in [0, 0.1) is 0 Å². The van der Waals surface area contributed by atoms with Gasteiger partial charge in [-0.1, -0.05) is 24.3 Å². The first-order valence-corrected chi connectivity index (χ1v) is 6.89. The monoisotopic (exact) mass is 407 g/mol. The minimum atomic E-state index is -4.57. The van der Waals surface area contributed by atoms with E-state index in [1.54, 1.807) is 12.1 Å². The summed E-state index contributed by atoms with van der Waals surface area (Å²) in [6.45, 7) is 0. The van der Waals surface area contributed by atoms with Crippen molar-refractivity contribution in [1.29, 1.82) is 0 Å². The first-order valence-electron chi connectivity index (χ1n) is 6.31. The van der Waals surface area contributed by atoms with Crippen LogP contribution in [0.2, 0.25) is 0 Å². The predicted molar refractivity (Wildman–Crippen MR) is 89.5 cm³/mol. The zero-order valence-corrected chi connectivity index (χ0v) is 14.9. The van der Waals surface area contributed by atoms with Crippen molar-refractivity contribution in [2.24, 2.45) is 0 Å². The van der Waals surface area contributed by atoms with E-state index in [1.165, 1.54) is 7.11 Å². The summed E-state index contributed by atoms with van der Waals surface area (Å²) in [5.74, 6) is -0.711. The van der Waals surface area contributed by atoms with Crippen LogP contribution in [-0.2, 0) is 17.3 Å². The molecule has 0 aliphatic heterocycles. The lowest BCUT2D eigenvalue weighted by Crippen LogP contribution is -2.15. The average Bonchev–Trinajstić information content (AvgIpc) is 2.48. The van der Waals surface area contributed by atoms with Crippen LogP contribution in [-0.4, -0.2) is 18.1 Å². The van der Waals surface area contributed by atoms with Gasteiger partial charge in [-0.15, -0.1) is 26.2 Å². The summed E-state index contributed by atoms with van der Waals surface area (Å²) in [5, 5.41) is 0.831. The lowest BCUT2D eigenvalue weighted by atomic mass is 10.0. The smallest absolute Gasteiger partial charge is 0.433 e. The first kappa shape index (κ1) is 19.6. The Balaban J connectivity index is 0.00000264. The fraction of sp³-hybridized carbons (Fsp3) is 0.200.